The summed E-state index contributed by atoms with van der Waals surface area (Å²) in [4.78, 5) is 0. The van der Waals surface area contributed by atoms with E-state index in [2.05, 4.69) is 180 Å². The van der Waals surface area contributed by atoms with Gasteiger partial charge in [0.15, 0.2) is 0 Å². The van der Waals surface area contributed by atoms with Gasteiger partial charge < -0.3 is 14.4 Å². The Morgan fingerprint density at radius 2 is 0.849 bits per heavy atom. The Bertz CT molecular complexity index is 1860. The van der Waals surface area contributed by atoms with Crippen molar-refractivity contribution in [1.29, 1.82) is 0 Å². The van der Waals surface area contributed by atoms with Crippen LogP contribution in [0.15, 0.2) is 97.1 Å². The van der Waals surface area contributed by atoms with Crippen molar-refractivity contribution in [1.82, 2.24) is 0 Å². The van der Waals surface area contributed by atoms with Gasteiger partial charge in [-0.3, -0.25) is 0 Å². The van der Waals surface area contributed by atoms with Crippen LogP contribution in [0.5, 0.6) is 0 Å². The minimum atomic E-state index is -4.07. The molecule has 6 rings (SSSR count). The second-order valence-corrected chi connectivity index (χ2v) is 15.0. The molecule has 6 aromatic carbocycles. The van der Waals surface area contributed by atoms with Gasteiger partial charge >= 0.3 is 36.4 Å². The molecule has 0 N–H and O–H groups in total. The van der Waals surface area contributed by atoms with Gasteiger partial charge in [0.1, 0.15) is 0 Å². The van der Waals surface area contributed by atoms with Gasteiger partial charge in [-0.25, -0.2) is 0 Å². The fourth-order valence-corrected chi connectivity index (χ4v) is 6.52. The molecule has 53 heavy (non-hydrogen) atoms. The number of hydrogen-bond acceptors (Lipinski definition) is 0. The molecular formula is C46H55Cl2F3SiZr-4. The molecule has 0 bridgehead atoms. The summed E-state index contributed by atoms with van der Waals surface area (Å²) in [7, 11) is 0. The predicted octanol–water partition coefficient (Wildman–Crippen LogP) is 15.0. The van der Waals surface area contributed by atoms with Crippen LogP contribution in [0.1, 0.15) is 81.3 Å². The van der Waals surface area contributed by atoms with Crippen LogP contribution in [0.4, 0.5) is 13.2 Å². The molecular weight excluding hydrogens is 800 g/mol. The Kier molecular flexibility index (Phi) is 20.1. The predicted molar refractivity (Wildman–Crippen MR) is 229 cm³/mol. The summed E-state index contributed by atoms with van der Waals surface area (Å²) < 4.78 is 32.2. The molecule has 0 unspecified atom stereocenters. The van der Waals surface area contributed by atoms with Crippen molar-refractivity contribution in [2.45, 2.75) is 92.7 Å². The van der Waals surface area contributed by atoms with Crippen molar-refractivity contribution < 1.29 is 36.5 Å². The van der Waals surface area contributed by atoms with E-state index < -0.39 is 12.6 Å². The van der Waals surface area contributed by atoms with E-state index in [0.29, 0.717) is 0 Å². The maximum atomic E-state index is 10.7. The number of halogens is 5. The fraction of sp³-hybridized carbons (Fsp3) is 0.304. The summed E-state index contributed by atoms with van der Waals surface area (Å²) in [6, 6.07) is 35.7. The molecule has 0 aliphatic rings. The normalized spacial score (nSPS) is 11.0. The van der Waals surface area contributed by atoms with E-state index in [9.17, 15) is 13.2 Å². The average Bonchev–Trinajstić information content (AvgIpc) is 3.60. The Hall–Kier alpha value is -2.43. The molecule has 0 amide bonds. The Balaban J connectivity index is 0.000000813. The summed E-state index contributed by atoms with van der Waals surface area (Å²) in [6.07, 6.45) is -5.05. The van der Waals surface area contributed by atoms with Crippen LogP contribution in [-0.2, 0) is 34.2 Å². The van der Waals surface area contributed by atoms with Crippen LogP contribution in [-0.4, -0.2) is 13.1 Å². The Morgan fingerprint density at radius 3 is 1.09 bits per heavy atom. The third-order valence-corrected chi connectivity index (χ3v) is 8.98. The van der Waals surface area contributed by atoms with E-state index in [1.807, 2.05) is 0 Å². The quantitative estimate of drug-likeness (QED) is 0.120. The zero-order valence-electron chi connectivity index (χ0n) is 33.1. The van der Waals surface area contributed by atoms with Crippen molar-refractivity contribution in [3.8, 4) is 22.3 Å². The second kappa shape index (κ2) is 21.0. The molecule has 6 aromatic rings. The first-order valence-corrected chi connectivity index (χ1v) is 21.1. The van der Waals surface area contributed by atoms with Gasteiger partial charge in [0.25, 0.3) is 0 Å². The van der Waals surface area contributed by atoms with Gasteiger partial charge in [-0.15, -0.1) is 93.9 Å². The van der Waals surface area contributed by atoms with Crippen molar-refractivity contribution in [2.75, 3.05) is 0 Å². The molecule has 0 aromatic heterocycles. The summed E-state index contributed by atoms with van der Waals surface area (Å²) in [5, 5.41) is 5.53. The Labute approximate surface area is 347 Å². The third-order valence-electron chi connectivity index (χ3n) is 8.98. The van der Waals surface area contributed by atoms with Gasteiger partial charge in [0, 0.05) is 0 Å². The van der Waals surface area contributed by atoms with Crippen molar-refractivity contribution in [2.24, 2.45) is 0 Å². The van der Waals surface area contributed by atoms with Gasteiger partial charge in [-0.1, -0.05) is 145 Å². The molecule has 0 saturated carbocycles. The van der Waals surface area contributed by atoms with Gasteiger partial charge in [-0.05, 0) is 35.8 Å². The van der Waals surface area contributed by atoms with Crippen molar-refractivity contribution >= 4 is 53.2 Å². The topological polar surface area (TPSA) is 0 Å². The first-order valence-electron chi connectivity index (χ1n) is 17.0. The van der Waals surface area contributed by atoms with E-state index in [1.54, 1.807) is 0 Å². The molecule has 0 aliphatic carbocycles. The zero-order chi connectivity index (χ0) is 37.6. The molecule has 2 radical (unpaired) electrons. The summed E-state index contributed by atoms with van der Waals surface area (Å²) in [6.45, 7) is 28.2. The van der Waals surface area contributed by atoms with Gasteiger partial charge in [0.05, 0.1) is 0 Å². The molecule has 0 saturated heterocycles. The first-order chi connectivity index (χ1) is 23.3. The zero-order valence-corrected chi connectivity index (χ0v) is 38.2. The first kappa shape index (κ1) is 50.6. The number of hydrogen-bond donors (Lipinski definition) is 0. The van der Waals surface area contributed by atoms with E-state index in [0.717, 1.165) is 0 Å². The summed E-state index contributed by atoms with van der Waals surface area (Å²) in [5.41, 5.74) is 14.1. The van der Waals surface area contributed by atoms with E-state index >= 15 is 0 Å². The monoisotopic (exact) mass is 852 g/mol. The maximum absolute atomic E-state index is 10.7. The molecule has 0 heterocycles. The molecule has 0 nitrogen and oxygen atoms in total. The van der Waals surface area contributed by atoms with Crippen molar-refractivity contribution in [3.63, 3.8) is 0 Å². The molecule has 0 atom stereocenters. The van der Waals surface area contributed by atoms with Gasteiger partial charge in [-0.2, -0.15) is 24.3 Å². The molecule has 286 valence electrons. The standard InChI is InChI=1S/2C21H23.C3H4F3.CH3.2ClH.Si.Zr/c2*1-14-9-11-16(12-10-14)18-8-6-7-17-13-19(21(3,4)5)15(2)20(17)18;1-2-3(4,5)6;;;;;/h2*6-13H,1-5H3;1-2H2;1H3;2*1H;;/q4*-1;;;;. The SMILES string of the molecule is Cc1ccc(-c2cccc3[cH-]c(C(C)(C)C)c(C)c23)cc1.Cc1ccc(-c2cccc3[cH-]c(C(C)(C)C)c(C)c23)cc1.Cl.Cl.[CH2-]CC(F)(F)F.[CH3-].[Si]=[Zr]. The summed E-state index contributed by atoms with van der Waals surface area (Å²) >= 11 is 1.36. The second-order valence-electron chi connectivity index (χ2n) is 15.0. The van der Waals surface area contributed by atoms with E-state index in [4.69, 9.17) is 0 Å². The van der Waals surface area contributed by atoms with E-state index in [-0.39, 0.29) is 43.1 Å². The number of rotatable bonds is 2. The molecule has 0 spiro atoms. The van der Waals surface area contributed by atoms with Gasteiger partial charge in [0.2, 0.25) is 0 Å². The van der Waals surface area contributed by atoms with Crippen LogP contribution < -0.4 is 0 Å². The average molecular weight is 855 g/mol. The van der Waals surface area contributed by atoms with Crippen LogP contribution in [0.3, 0.4) is 0 Å². The molecule has 7 heteroatoms. The summed E-state index contributed by atoms with van der Waals surface area (Å²) in [5.74, 6) is 0. The van der Waals surface area contributed by atoms with Crippen molar-refractivity contribution in [3.05, 3.63) is 145 Å². The number of alkyl halides is 3. The number of fused-ring (bicyclic) bond motifs is 2. The number of benzene rings is 4. The van der Waals surface area contributed by atoms with Crippen LogP contribution >= 0.6 is 24.8 Å². The van der Waals surface area contributed by atoms with Crippen LogP contribution in [0.25, 0.3) is 43.8 Å². The van der Waals surface area contributed by atoms with Crippen LogP contribution in [0.2, 0.25) is 0 Å². The fourth-order valence-electron chi connectivity index (χ4n) is 6.52. The number of aryl methyl sites for hydroxylation is 4. The molecule has 0 fully saturated rings. The minimum absolute atomic E-state index is 0. The van der Waals surface area contributed by atoms with Crippen LogP contribution in [0, 0.1) is 42.0 Å². The molecule has 0 aliphatic heterocycles. The Morgan fingerprint density at radius 1 is 0.566 bits per heavy atom. The van der Waals surface area contributed by atoms with E-state index in [1.165, 1.54) is 101 Å². The third kappa shape index (κ3) is 13.1.